The first kappa shape index (κ1) is 21.5. The van der Waals surface area contributed by atoms with Gasteiger partial charge >= 0.3 is 5.97 Å². The number of nitrogens with zero attached hydrogens (tertiary/aromatic N) is 2. The summed E-state index contributed by atoms with van der Waals surface area (Å²) in [6, 6.07) is 4.66. The zero-order valence-electron chi connectivity index (χ0n) is 16.9. The molecule has 0 radical (unpaired) electrons. The van der Waals surface area contributed by atoms with Crippen LogP contribution in [0.1, 0.15) is 38.3 Å². The van der Waals surface area contributed by atoms with Crippen LogP contribution < -0.4 is 5.32 Å². The largest absolute Gasteiger partial charge is 0.468 e. The van der Waals surface area contributed by atoms with Crippen LogP contribution in [0.3, 0.4) is 0 Å². The topological polar surface area (TPSA) is 80.1 Å². The highest BCUT2D eigenvalue weighted by Crippen LogP contribution is 2.48. The highest BCUT2D eigenvalue weighted by atomic mass is 19.1. The number of nitrogens with one attached hydrogen (secondary N) is 1. The molecule has 1 spiro atoms. The highest BCUT2D eigenvalue weighted by Gasteiger charge is 2.56. The number of carbonyl (C=O) groups is 2. The second kappa shape index (κ2) is 8.91. The maximum atomic E-state index is 14.3. The molecule has 1 aromatic rings. The minimum absolute atomic E-state index is 0.271. The van der Waals surface area contributed by atoms with Crippen LogP contribution in [0.4, 0.5) is 4.39 Å². The number of allylic oxidation sites excluding steroid dienone is 1. The van der Waals surface area contributed by atoms with Crippen molar-refractivity contribution in [1.82, 2.24) is 5.32 Å². The SMILES string of the molecule is C/C=C\C(=NC)C1=NC2(CCc3c(F)cccc32)C(C(=O)OC)C(=O)N1.CC. The van der Waals surface area contributed by atoms with Gasteiger partial charge in [-0.1, -0.05) is 32.1 Å². The molecule has 1 aliphatic carbocycles. The first-order valence-electron chi connectivity index (χ1n) is 9.34. The number of benzene rings is 1. The van der Waals surface area contributed by atoms with Crippen molar-refractivity contribution in [3.63, 3.8) is 0 Å². The molecular formula is C21H26FN3O3. The molecule has 1 heterocycles. The van der Waals surface area contributed by atoms with E-state index in [0.29, 0.717) is 29.7 Å². The third-order valence-corrected chi connectivity index (χ3v) is 4.88. The first-order valence-corrected chi connectivity index (χ1v) is 9.34. The Kier molecular flexibility index (Phi) is 6.83. The number of hydrogen-bond acceptors (Lipinski definition) is 5. The molecule has 2 atom stereocenters. The fourth-order valence-electron chi connectivity index (χ4n) is 3.74. The van der Waals surface area contributed by atoms with E-state index in [4.69, 9.17) is 9.73 Å². The molecule has 6 nitrogen and oxygen atoms in total. The minimum Gasteiger partial charge on any atom is -0.468 e. The number of halogens is 1. The van der Waals surface area contributed by atoms with E-state index in [2.05, 4.69) is 10.3 Å². The van der Waals surface area contributed by atoms with Crippen molar-refractivity contribution in [3.05, 3.63) is 47.3 Å². The van der Waals surface area contributed by atoms with Crippen LogP contribution in [0.2, 0.25) is 0 Å². The summed E-state index contributed by atoms with van der Waals surface area (Å²) < 4.78 is 19.1. The lowest BCUT2D eigenvalue weighted by atomic mass is 9.77. The average molecular weight is 387 g/mol. The monoisotopic (exact) mass is 387 g/mol. The smallest absolute Gasteiger partial charge is 0.321 e. The maximum Gasteiger partial charge on any atom is 0.321 e. The fourth-order valence-corrected chi connectivity index (χ4v) is 3.74. The van der Waals surface area contributed by atoms with Crippen molar-refractivity contribution in [1.29, 1.82) is 0 Å². The Morgan fingerprint density at radius 1 is 1.43 bits per heavy atom. The van der Waals surface area contributed by atoms with Gasteiger partial charge in [0, 0.05) is 7.05 Å². The summed E-state index contributed by atoms with van der Waals surface area (Å²) >= 11 is 0. The standard InChI is InChI=1S/C19H20FN3O3.C2H6/c1-4-6-14(21-2)16-22-17(24)15(18(25)26-3)19(23-16)10-9-11-12(19)7-5-8-13(11)20;1-2/h4-8,15H,9-10H2,1-3H3,(H,22,23,24);1-2H3/b6-4-,21-14?;. The molecule has 1 N–H and O–H groups in total. The summed E-state index contributed by atoms with van der Waals surface area (Å²) in [6.07, 6.45) is 4.22. The van der Waals surface area contributed by atoms with E-state index < -0.39 is 23.3 Å². The van der Waals surface area contributed by atoms with Crippen molar-refractivity contribution in [3.8, 4) is 0 Å². The summed E-state index contributed by atoms with van der Waals surface area (Å²) in [5.41, 5.74) is 0.324. The normalized spacial score (nSPS) is 23.6. The zero-order chi connectivity index (χ0) is 20.9. The van der Waals surface area contributed by atoms with E-state index in [1.807, 2.05) is 20.8 Å². The number of amides is 1. The maximum absolute atomic E-state index is 14.3. The number of fused-ring (bicyclic) bond motifs is 2. The number of rotatable bonds is 3. The van der Waals surface area contributed by atoms with Gasteiger partial charge in [-0.05, 0) is 43.0 Å². The van der Waals surface area contributed by atoms with E-state index in [-0.39, 0.29) is 11.7 Å². The van der Waals surface area contributed by atoms with Gasteiger partial charge in [-0.25, -0.2) is 4.39 Å². The predicted octanol–water partition coefficient (Wildman–Crippen LogP) is 2.96. The number of esters is 1. The second-order valence-corrected chi connectivity index (χ2v) is 6.20. The zero-order valence-corrected chi connectivity index (χ0v) is 16.9. The minimum atomic E-state index is -1.19. The third-order valence-electron chi connectivity index (χ3n) is 4.88. The van der Waals surface area contributed by atoms with E-state index in [1.54, 1.807) is 31.3 Å². The lowest BCUT2D eigenvalue weighted by molar-refractivity contribution is -0.153. The lowest BCUT2D eigenvalue weighted by Gasteiger charge is -2.36. The van der Waals surface area contributed by atoms with E-state index >= 15 is 0 Å². The quantitative estimate of drug-likeness (QED) is 0.492. The summed E-state index contributed by atoms with van der Waals surface area (Å²) in [5.74, 6) is -2.48. The Balaban J connectivity index is 0.00000136. The number of methoxy groups -OCH3 is 1. The van der Waals surface area contributed by atoms with Gasteiger partial charge < -0.3 is 10.1 Å². The van der Waals surface area contributed by atoms with Crippen LogP contribution in [0.5, 0.6) is 0 Å². The Morgan fingerprint density at radius 3 is 2.75 bits per heavy atom. The van der Waals surface area contributed by atoms with Crippen LogP contribution in [-0.2, 0) is 26.3 Å². The van der Waals surface area contributed by atoms with Gasteiger partial charge in [0.25, 0.3) is 0 Å². The van der Waals surface area contributed by atoms with Crippen LogP contribution in [0, 0.1) is 11.7 Å². The predicted molar refractivity (Wildman–Crippen MR) is 107 cm³/mol. The van der Waals surface area contributed by atoms with Crippen molar-refractivity contribution in [2.45, 2.75) is 39.2 Å². The van der Waals surface area contributed by atoms with Crippen molar-refractivity contribution in [2.24, 2.45) is 15.9 Å². The molecule has 0 saturated carbocycles. The molecule has 1 aliphatic heterocycles. The number of carbonyl (C=O) groups excluding carboxylic acids is 2. The fraction of sp³-hybridized carbons (Fsp3) is 0.429. The molecule has 0 bridgehead atoms. The molecule has 0 aromatic heterocycles. The van der Waals surface area contributed by atoms with Crippen LogP contribution in [-0.4, -0.2) is 37.6 Å². The van der Waals surface area contributed by atoms with E-state index in [1.165, 1.54) is 13.2 Å². The van der Waals surface area contributed by atoms with Gasteiger partial charge in [0.15, 0.2) is 11.8 Å². The average Bonchev–Trinajstić information content (AvgIpc) is 3.06. The van der Waals surface area contributed by atoms with Crippen molar-refractivity contribution >= 4 is 23.4 Å². The van der Waals surface area contributed by atoms with Gasteiger partial charge in [-0.3, -0.25) is 19.6 Å². The third kappa shape index (κ3) is 3.48. The van der Waals surface area contributed by atoms with Gasteiger partial charge in [0.1, 0.15) is 11.4 Å². The molecule has 0 saturated heterocycles. The molecular weight excluding hydrogens is 361 g/mol. The van der Waals surface area contributed by atoms with Gasteiger partial charge in [-0.15, -0.1) is 0 Å². The molecule has 28 heavy (non-hydrogen) atoms. The molecule has 2 aliphatic rings. The molecule has 1 amide bonds. The molecule has 150 valence electrons. The molecule has 7 heteroatoms. The van der Waals surface area contributed by atoms with Crippen LogP contribution in [0.25, 0.3) is 0 Å². The number of hydrogen-bond donors (Lipinski definition) is 1. The van der Waals surface area contributed by atoms with Gasteiger partial charge in [0.2, 0.25) is 5.91 Å². The van der Waals surface area contributed by atoms with Crippen LogP contribution >= 0.6 is 0 Å². The number of ether oxygens (including phenoxy) is 1. The summed E-state index contributed by atoms with van der Waals surface area (Å²) in [5, 5.41) is 2.65. The van der Waals surface area contributed by atoms with Gasteiger partial charge in [0.05, 0.1) is 12.8 Å². The summed E-state index contributed by atoms with van der Waals surface area (Å²) in [6.45, 7) is 5.82. The highest BCUT2D eigenvalue weighted by molar-refractivity contribution is 6.48. The Hall–Kier alpha value is -2.83. The van der Waals surface area contributed by atoms with E-state index in [0.717, 1.165) is 0 Å². The van der Waals surface area contributed by atoms with Crippen molar-refractivity contribution in [2.75, 3.05) is 14.2 Å². The number of aliphatic imine (C=N–C) groups is 2. The molecule has 2 unspecified atom stereocenters. The lowest BCUT2D eigenvalue weighted by Crippen LogP contribution is -2.55. The molecule has 3 rings (SSSR count). The molecule has 0 fully saturated rings. The Labute approximate surface area is 164 Å². The number of amidine groups is 1. The molecule has 1 aromatic carbocycles. The van der Waals surface area contributed by atoms with E-state index in [9.17, 15) is 14.0 Å². The Morgan fingerprint density at radius 2 is 2.14 bits per heavy atom. The summed E-state index contributed by atoms with van der Waals surface area (Å²) in [4.78, 5) is 34.1. The second-order valence-electron chi connectivity index (χ2n) is 6.20. The Bertz CT molecular complexity index is 860. The van der Waals surface area contributed by atoms with Crippen LogP contribution in [0.15, 0.2) is 40.3 Å². The van der Waals surface area contributed by atoms with Crippen molar-refractivity contribution < 1.29 is 18.7 Å². The first-order chi connectivity index (χ1) is 13.5. The van der Waals surface area contributed by atoms with Gasteiger partial charge in [-0.2, -0.15) is 0 Å². The summed E-state index contributed by atoms with van der Waals surface area (Å²) in [7, 11) is 2.81.